The number of hydrogen-bond donors (Lipinski definition) is 3. The Balaban J connectivity index is 1.56. The number of benzene rings is 1. The maximum Gasteiger partial charge on any atom is 0.322 e. The molecule has 0 radical (unpaired) electrons. The monoisotopic (exact) mass is 493 g/mol. The van der Waals surface area contributed by atoms with Crippen LogP contribution in [0.1, 0.15) is 56.9 Å². The van der Waals surface area contributed by atoms with Crippen LogP contribution in [0.2, 0.25) is 0 Å². The number of urea groups is 1. The quantitative estimate of drug-likeness (QED) is 0.524. The number of nitrogens with zero attached hydrogens (tertiary/aromatic N) is 2. The van der Waals surface area contributed by atoms with Gasteiger partial charge < -0.3 is 15.5 Å². The molecule has 1 aliphatic heterocycles. The number of para-hydroxylation sites is 1. The lowest BCUT2D eigenvalue weighted by Gasteiger charge is -2.53. The van der Waals surface area contributed by atoms with Crippen molar-refractivity contribution in [3.8, 4) is 0 Å². The number of amides is 3. The Hall–Kier alpha value is -2.62. The van der Waals surface area contributed by atoms with Gasteiger partial charge in [-0.1, -0.05) is 18.2 Å². The van der Waals surface area contributed by atoms with Crippen LogP contribution in [-0.4, -0.2) is 50.5 Å². The lowest BCUT2D eigenvalue weighted by molar-refractivity contribution is -0.120. The molecule has 0 unspecified atom stereocenters. The van der Waals surface area contributed by atoms with E-state index in [1.165, 1.54) is 18.2 Å². The molecule has 3 N–H and O–H groups in total. The van der Waals surface area contributed by atoms with Crippen LogP contribution in [0.25, 0.3) is 0 Å². The zero-order chi connectivity index (χ0) is 25.1. The molecule has 2 aliphatic rings. The summed E-state index contributed by atoms with van der Waals surface area (Å²) < 4.78 is 27.7. The number of carbonyl (C=O) groups excluding carboxylic acids is 2. The van der Waals surface area contributed by atoms with Gasteiger partial charge in [0.15, 0.2) is 5.82 Å². The molecule has 1 aromatic heterocycles. The van der Waals surface area contributed by atoms with Gasteiger partial charge in [0.05, 0.1) is 28.2 Å². The number of fused-ring (bicyclic) bond motifs is 1. The summed E-state index contributed by atoms with van der Waals surface area (Å²) in [5.74, 6) is -2.68. The van der Waals surface area contributed by atoms with Crippen LogP contribution in [0.5, 0.6) is 0 Å². The van der Waals surface area contributed by atoms with E-state index in [9.17, 15) is 18.4 Å². The zero-order valence-electron chi connectivity index (χ0n) is 20.5. The highest BCUT2D eigenvalue weighted by Crippen LogP contribution is 2.60. The van der Waals surface area contributed by atoms with E-state index in [0.29, 0.717) is 5.82 Å². The fourth-order valence-electron chi connectivity index (χ4n) is 4.94. The van der Waals surface area contributed by atoms with E-state index < -0.39 is 27.5 Å². The fraction of sp³-hybridized carbons (Fsp3) is 0.542. The largest absolute Gasteiger partial charge is 0.322 e. The minimum Gasteiger partial charge on any atom is -0.309 e. The van der Waals surface area contributed by atoms with Gasteiger partial charge >= 0.3 is 6.03 Å². The van der Waals surface area contributed by atoms with Gasteiger partial charge in [-0.05, 0) is 57.9 Å². The molecule has 1 aromatic carbocycles. The molecule has 2 aromatic rings. The normalized spacial score (nSPS) is 19.2. The van der Waals surface area contributed by atoms with Crippen molar-refractivity contribution in [3.05, 3.63) is 41.1 Å². The van der Waals surface area contributed by atoms with Crippen molar-refractivity contribution in [2.75, 3.05) is 29.4 Å². The number of aromatic amines is 1. The maximum atomic E-state index is 14.0. The van der Waals surface area contributed by atoms with Crippen LogP contribution in [-0.2, 0) is 22.8 Å². The van der Waals surface area contributed by atoms with E-state index >= 15 is 0 Å². The average Bonchev–Trinajstić information content (AvgIpc) is 3.17. The summed E-state index contributed by atoms with van der Waals surface area (Å²) in [6.07, 6.45) is 9.25. The maximum absolute atomic E-state index is 14.0. The lowest BCUT2D eigenvalue weighted by Crippen LogP contribution is -2.51. The van der Waals surface area contributed by atoms with E-state index in [2.05, 4.69) is 39.6 Å². The second-order valence-electron chi connectivity index (χ2n) is 10.6. The Morgan fingerprint density at radius 1 is 1.15 bits per heavy atom. The van der Waals surface area contributed by atoms with Crippen molar-refractivity contribution in [1.82, 2.24) is 15.1 Å². The Labute approximate surface area is 200 Å². The Morgan fingerprint density at radius 3 is 2.35 bits per heavy atom. The van der Waals surface area contributed by atoms with Crippen molar-refractivity contribution in [2.24, 2.45) is 0 Å². The molecule has 0 bridgehead atoms. The summed E-state index contributed by atoms with van der Waals surface area (Å²) in [6, 6.07) is 5.39. The number of alkyl halides is 2. The molecule has 7 nitrogen and oxygen atoms in total. The molecule has 4 rings (SSSR count). The van der Waals surface area contributed by atoms with E-state index in [1.54, 1.807) is 11.0 Å². The second-order valence-corrected chi connectivity index (χ2v) is 15.0. The van der Waals surface area contributed by atoms with Gasteiger partial charge in [-0.15, -0.1) is 0 Å². The summed E-state index contributed by atoms with van der Waals surface area (Å²) in [4.78, 5) is 28.1. The van der Waals surface area contributed by atoms with Gasteiger partial charge in [0.1, 0.15) is 0 Å². The highest BCUT2D eigenvalue weighted by Gasteiger charge is 2.51. The molecule has 1 fully saturated rings. The number of halogens is 2. The summed E-state index contributed by atoms with van der Waals surface area (Å²) >= 11 is 0. The number of carbonyl (C=O) groups is 2. The molecule has 0 spiro atoms. The van der Waals surface area contributed by atoms with Crippen molar-refractivity contribution in [1.29, 1.82) is 0 Å². The molecule has 34 heavy (non-hydrogen) atoms. The van der Waals surface area contributed by atoms with Crippen LogP contribution in [0.3, 0.4) is 0 Å². The van der Waals surface area contributed by atoms with Gasteiger partial charge in [0.2, 0.25) is 5.91 Å². The minimum absolute atomic E-state index is 0.0182. The predicted octanol–water partition coefficient (Wildman–Crippen LogP) is 5.36. The third-order valence-electron chi connectivity index (χ3n) is 7.34. The smallest absolute Gasteiger partial charge is 0.309 e. The molecule has 186 valence electrons. The number of anilines is 2. The molecule has 0 saturated heterocycles. The molecule has 0 atom stereocenters. The van der Waals surface area contributed by atoms with Gasteiger partial charge in [0.25, 0.3) is 5.92 Å². The summed E-state index contributed by atoms with van der Waals surface area (Å²) in [7, 11) is -1.13. The summed E-state index contributed by atoms with van der Waals surface area (Å²) in [5, 5.41) is 13.0. The topological polar surface area (TPSA) is 90.1 Å². The third-order valence-corrected chi connectivity index (χ3v) is 10.3. The van der Waals surface area contributed by atoms with E-state index in [-0.39, 0.29) is 28.4 Å². The van der Waals surface area contributed by atoms with Crippen molar-refractivity contribution >= 4 is 33.5 Å². The molecular formula is C24H33F2N5O2S. The SMILES string of the molecule is CC(F)(F)c1ccccc1NC(=O)N1Cc2c(NC(=O)C3(S(C)(C)C)CCC3)n[nH]c2C1(C)C. The summed E-state index contributed by atoms with van der Waals surface area (Å²) in [5.41, 5.74) is 0.503. The number of rotatable bonds is 5. The van der Waals surface area contributed by atoms with Crippen molar-refractivity contribution < 1.29 is 18.4 Å². The Bertz CT molecular complexity index is 1130. The highest BCUT2D eigenvalue weighted by atomic mass is 32.3. The van der Waals surface area contributed by atoms with Crippen LogP contribution in [0.4, 0.5) is 25.1 Å². The lowest BCUT2D eigenvalue weighted by atomic mass is 9.83. The number of nitrogens with one attached hydrogen (secondary N) is 3. The van der Waals surface area contributed by atoms with Crippen LogP contribution in [0, 0.1) is 0 Å². The van der Waals surface area contributed by atoms with Gasteiger partial charge in [0, 0.05) is 18.1 Å². The van der Waals surface area contributed by atoms with Gasteiger partial charge in [-0.3, -0.25) is 9.89 Å². The average molecular weight is 494 g/mol. The fourth-order valence-corrected chi connectivity index (χ4v) is 7.06. The van der Waals surface area contributed by atoms with Crippen molar-refractivity contribution in [3.63, 3.8) is 0 Å². The first-order valence-corrected chi connectivity index (χ1v) is 14.2. The third kappa shape index (κ3) is 3.85. The first-order chi connectivity index (χ1) is 15.7. The Kier molecular flexibility index (Phi) is 5.74. The standard InChI is InChI=1S/C24H33F2N5O2S/c1-22(2)18-15(19(30-29-18)28-20(32)24(12-9-13-24)34(4,5)6)14-31(22)21(33)27-17-11-8-7-10-16(17)23(3,25)26/h7-8,10-11H,9,12-14H2,1-6H3,(H,27,33)(H2,28,29,30,32). The summed E-state index contributed by atoms with van der Waals surface area (Å²) in [6.45, 7) is 4.71. The zero-order valence-corrected chi connectivity index (χ0v) is 21.3. The van der Waals surface area contributed by atoms with E-state index in [1.807, 2.05) is 13.8 Å². The number of aromatic nitrogens is 2. The highest BCUT2D eigenvalue weighted by molar-refractivity contribution is 8.33. The first-order valence-electron chi connectivity index (χ1n) is 11.3. The predicted molar refractivity (Wildman–Crippen MR) is 133 cm³/mol. The van der Waals surface area contributed by atoms with Gasteiger partial charge in [-0.25, -0.2) is 23.6 Å². The van der Waals surface area contributed by atoms with Gasteiger partial charge in [-0.2, -0.15) is 5.10 Å². The molecule has 10 heteroatoms. The van der Waals surface area contributed by atoms with Crippen LogP contribution < -0.4 is 10.6 Å². The van der Waals surface area contributed by atoms with E-state index in [0.717, 1.165) is 37.4 Å². The van der Waals surface area contributed by atoms with Crippen LogP contribution in [0.15, 0.2) is 24.3 Å². The number of hydrogen-bond acceptors (Lipinski definition) is 3. The van der Waals surface area contributed by atoms with E-state index in [4.69, 9.17) is 0 Å². The second kappa shape index (κ2) is 7.96. The first kappa shape index (κ1) is 24.5. The Morgan fingerprint density at radius 2 is 1.79 bits per heavy atom. The molecule has 1 saturated carbocycles. The van der Waals surface area contributed by atoms with Crippen molar-refractivity contribution in [2.45, 2.75) is 62.8 Å². The van der Waals surface area contributed by atoms with Crippen LogP contribution >= 0.6 is 10.0 Å². The molecule has 1 aliphatic carbocycles. The molecular weight excluding hydrogens is 460 g/mol. The molecule has 2 heterocycles. The number of H-pyrrole nitrogens is 1. The molecule has 3 amide bonds. The minimum atomic E-state index is -3.09.